The number of nitrogens with one attached hydrogen (secondary N) is 3. The Kier molecular flexibility index (Phi) is 6.75. The molecule has 1 aliphatic rings. The molecule has 4 rings (SSSR count). The Balaban J connectivity index is 1.51. The molecule has 2 aromatic heterocycles. The number of carbonyl (C=O) groups excluding carboxylic acids is 1. The van der Waals surface area contributed by atoms with E-state index in [0.29, 0.717) is 11.5 Å². The van der Waals surface area contributed by atoms with Crippen molar-refractivity contribution in [2.45, 2.75) is 45.4 Å². The molecule has 3 aromatic rings. The first kappa shape index (κ1) is 22.9. The quantitative estimate of drug-likeness (QED) is 0.540. The summed E-state index contributed by atoms with van der Waals surface area (Å²) in [6, 6.07) is 15.2. The second-order valence-electron chi connectivity index (χ2n) is 9.82. The SMILES string of the molecule is CC(C)(C)c1ccc(C(=O)Nc2cc(-c3cccc(CC4CCNCC4)n3)c[nH]c2=O)cc1. The van der Waals surface area contributed by atoms with Crippen molar-refractivity contribution in [3.63, 3.8) is 0 Å². The highest BCUT2D eigenvalue weighted by Crippen LogP contribution is 2.23. The summed E-state index contributed by atoms with van der Waals surface area (Å²) in [4.78, 5) is 32.7. The lowest BCUT2D eigenvalue weighted by atomic mass is 9.87. The van der Waals surface area contributed by atoms with Crippen LogP contribution in [-0.4, -0.2) is 29.0 Å². The van der Waals surface area contributed by atoms with Gasteiger partial charge in [0.15, 0.2) is 0 Å². The van der Waals surface area contributed by atoms with Gasteiger partial charge in [0, 0.05) is 23.0 Å². The Morgan fingerprint density at radius 2 is 1.82 bits per heavy atom. The van der Waals surface area contributed by atoms with Gasteiger partial charge in [0.2, 0.25) is 0 Å². The number of amides is 1. The van der Waals surface area contributed by atoms with Gasteiger partial charge in [-0.3, -0.25) is 14.6 Å². The smallest absolute Gasteiger partial charge is 0.271 e. The summed E-state index contributed by atoms with van der Waals surface area (Å²) in [7, 11) is 0. The summed E-state index contributed by atoms with van der Waals surface area (Å²) >= 11 is 0. The molecular formula is C27H32N4O2. The number of aromatic amines is 1. The summed E-state index contributed by atoms with van der Waals surface area (Å²) in [5, 5.41) is 6.15. The van der Waals surface area contributed by atoms with Gasteiger partial charge in [-0.05, 0) is 79.6 Å². The van der Waals surface area contributed by atoms with E-state index in [9.17, 15) is 9.59 Å². The first-order valence-corrected chi connectivity index (χ1v) is 11.6. The third-order valence-corrected chi connectivity index (χ3v) is 6.22. The summed E-state index contributed by atoms with van der Waals surface area (Å²) in [5.74, 6) is 0.329. The number of aromatic nitrogens is 2. The topological polar surface area (TPSA) is 86.9 Å². The molecule has 1 amide bonds. The molecule has 3 heterocycles. The van der Waals surface area contributed by atoms with Crippen molar-refractivity contribution in [2.24, 2.45) is 5.92 Å². The third-order valence-electron chi connectivity index (χ3n) is 6.22. The van der Waals surface area contributed by atoms with Crippen LogP contribution in [0.25, 0.3) is 11.3 Å². The largest absolute Gasteiger partial charge is 0.327 e. The maximum Gasteiger partial charge on any atom is 0.271 e. The number of H-pyrrole nitrogens is 1. The predicted octanol–water partition coefficient (Wildman–Crippen LogP) is 4.53. The summed E-state index contributed by atoms with van der Waals surface area (Å²) in [6.45, 7) is 8.51. The molecule has 6 heteroatoms. The lowest BCUT2D eigenvalue weighted by Crippen LogP contribution is -2.28. The lowest BCUT2D eigenvalue weighted by Gasteiger charge is -2.22. The summed E-state index contributed by atoms with van der Waals surface area (Å²) < 4.78 is 0. The van der Waals surface area contributed by atoms with Crippen molar-refractivity contribution in [3.05, 3.63) is 81.9 Å². The summed E-state index contributed by atoms with van der Waals surface area (Å²) in [6.07, 6.45) is 4.93. The molecule has 33 heavy (non-hydrogen) atoms. The first-order chi connectivity index (χ1) is 15.8. The van der Waals surface area contributed by atoms with Crippen LogP contribution in [0.4, 0.5) is 5.69 Å². The van der Waals surface area contributed by atoms with E-state index in [0.717, 1.165) is 54.9 Å². The number of hydrogen-bond acceptors (Lipinski definition) is 4. The van der Waals surface area contributed by atoms with Gasteiger partial charge in [0.25, 0.3) is 11.5 Å². The van der Waals surface area contributed by atoms with Crippen LogP contribution in [0, 0.1) is 5.92 Å². The number of rotatable bonds is 5. The highest BCUT2D eigenvalue weighted by molar-refractivity contribution is 6.04. The van der Waals surface area contributed by atoms with Gasteiger partial charge in [-0.1, -0.05) is 39.0 Å². The Hall–Kier alpha value is -3.25. The first-order valence-electron chi connectivity index (χ1n) is 11.6. The minimum absolute atomic E-state index is 0.00982. The zero-order chi connectivity index (χ0) is 23.4. The fourth-order valence-electron chi connectivity index (χ4n) is 4.18. The Morgan fingerprint density at radius 1 is 1.09 bits per heavy atom. The van der Waals surface area contributed by atoms with E-state index in [4.69, 9.17) is 4.98 Å². The van der Waals surface area contributed by atoms with Crippen LogP contribution in [-0.2, 0) is 11.8 Å². The Bertz CT molecular complexity index is 1170. The minimum Gasteiger partial charge on any atom is -0.327 e. The van der Waals surface area contributed by atoms with Gasteiger partial charge in [-0.2, -0.15) is 0 Å². The number of pyridine rings is 2. The standard InChI is InChI=1S/C27H32N4O2/c1-27(2,3)21-9-7-19(8-10-21)25(32)31-24-16-20(17-29-26(24)33)23-6-4-5-22(30-23)15-18-11-13-28-14-12-18/h4-10,16-18,28H,11-15H2,1-3H3,(H,29,33)(H,31,32). The average molecular weight is 445 g/mol. The van der Waals surface area contributed by atoms with E-state index in [2.05, 4.69) is 42.5 Å². The number of benzene rings is 1. The van der Waals surface area contributed by atoms with Crippen molar-refractivity contribution >= 4 is 11.6 Å². The molecule has 0 atom stereocenters. The van der Waals surface area contributed by atoms with E-state index >= 15 is 0 Å². The molecule has 3 N–H and O–H groups in total. The Morgan fingerprint density at radius 3 is 2.52 bits per heavy atom. The van der Waals surface area contributed by atoms with Gasteiger partial charge < -0.3 is 15.6 Å². The molecule has 1 aliphatic heterocycles. The average Bonchev–Trinajstić information content (AvgIpc) is 2.81. The maximum atomic E-state index is 12.8. The van der Waals surface area contributed by atoms with Crippen molar-refractivity contribution in [3.8, 4) is 11.3 Å². The second-order valence-corrected chi connectivity index (χ2v) is 9.82. The van der Waals surface area contributed by atoms with E-state index in [1.165, 1.54) is 0 Å². The molecule has 0 unspecified atom stereocenters. The second kappa shape index (κ2) is 9.71. The fraction of sp³-hybridized carbons (Fsp3) is 0.370. The Labute approximate surface area is 194 Å². The molecular weight excluding hydrogens is 412 g/mol. The molecule has 0 spiro atoms. The van der Waals surface area contributed by atoms with Crippen molar-refractivity contribution in [1.82, 2.24) is 15.3 Å². The highest BCUT2D eigenvalue weighted by atomic mass is 16.2. The predicted molar refractivity (Wildman–Crippen MR) is 133 cm³/mol. The number of hydrogen-bond donors (Lipinski definition) is 3. The number of piperidine rings is 1. The third kappa shape index (κ3) is 5.76. The molecule has 1 aromatic carbocycles. The molecule has 0 saturated carbocycles. The molecule has 1 fully saturated rings. The van der Waals surface area contributed by atoms with Crippen LogP contribution >= 0.6 is 0 Å². The van der Waals surface area contributed by atoms with Gasteiger partial charge >= 0.3 is 0 Å². The van der Waals surface area contributed by atoms with Crippen molar-refractivity contribution < 1.29 is 4.79 Å². The van der Waals surface area contributed by atoms with E-state index in [1.54, 1.807) is 24.4 Å². The van der Waals surface area contributed by atoms with Crippen molar-refractivity contribution in [1.29, 1.82) is 0 Å². The van der Waals surface area contributed by atoms with Gasteiger partial charge in [0.05, 0.1) is 5.69 Å². The number of nitrogens with zero attached hydrogens (tertiary/aromatic N) is 1. The molecule has 0 radical (unpaired) electrons. The summed E-state index contributed by atoms with van der Waals surface area (Å²) in [5.41, 5.74) is 4.13. The van der Waals surface area contributed by atoms with Crippen LogP contribution < -0.4 is 16.2 Å². The van der Waals surface area contributed by atoms with E-state index < -0.39 is 0 Å². The minimum atomic E-state index is -0.343. The van der Waals surface area contributed by atoms with Crippen LogP contribution in [0.3, 0.4) is 0 Å². The number of anilines is 1. The van der Waals surface area contributed by atoms with Crippen LogP contribution in [0.15, 0.2) is 59.5 Å². The van der Waals surface area contributed by atoms with Gasteiger partial charge in [-0.15, -0.1) is 0 Å². The molecule has 172 valence electrons. The maximum absolute atomic E-state index is 12.8. The van der Waals surface area contributed by atoms with E-state index in [-0.39, 0.29) is 22.6 Å². The number of carbonyl (C=O) groups is 1. The monoisotopic (exact) mass is 444 g/mol. The molecule has 6 nitrogen and oxygen atoms in total. The fourth-order valence-corrected chi connectivity index (χ4v) is 4.18. The normalized spacial score (nSPS) is 14.8. The molecule has 1 saturated heterocycles. The zero-order valence-electron chi connectivity index (χ0n) is 19.6. The van der Waals surface area contributed by atoms with Gasteiger partial charge in [0.1, 0.15) is 5.69 Å². The van der Waals surface area contributed by atoms with E-state index in [1.807, 2.05) is 24.3 Å². The van der Waals surface area contributed by atoms with Crippen LogP contribution in [0.1, 0.15) is 55.2 Å². The lowest BCUT2D eigenvalue weighted by molar-refractivity contribution is 0.102. The van der Waals surface area contributed by atoms with Crippen molar-refractivity contribution in [2.75, 3.05) is 18.4 Å². The molecule has 0 bridgehead atoms. The highest BCUT2D eigenvalue weighted by Gasteiger charge is 2.16. The zero-order valence-corrected chi connectivity index (χ0v) is 19.6. The van der Waals surface area contributed by atoms with Crippen LogP contribution in [0.2, 0.25) is 0 Å². The van der Waals surface area contributed by atoms with Crippen LogP contribution in [0.5, 0.6) is 0 Å². The molecule has 0 aliphatic carbocycles. The van der Waals surface area contributed by atoms with Gasteiger partial charge in [-0.25, -0.2) is 0 Å².